The molecule has 1 aliphatic rings. The highest BCUT2D eigenvalue weighted by molar-refractivity contribution is 5.35. The average Bonchev–Trinajstić information content (AvgIpc) is 2.51. The second kappa shape index (κ2) is 7.24. The fourth-order valence-electron chi connectivity index (χ4n) is 3.09. The van der Waals surface area contributed by atoms with Crippen molar-refractivity contribution in [1.29, 1.82) is 0 Å². The zero-order valence-corrected chi connectivity index (χ0v) is 13.2. The maximum absolute atomic E-state index is 10.7. The number of hydrogen-bond donors (Lipinski definition) is 2. The van der Waals surface area contributed by atoms with E-state index < -0.39 is 6.10 Å². The summed E-state index contributed by atoms with van der Waals surface area (Å²) in [5, 5.41) is 14.2. The molecule has 2 N–H and O–H groups in total. The molecule has 0 radical (unpaired) electrons. The van der Waals surface area contributed by atoms with Crippen LogP contribution in [-0.2, 0) is 12.8 Å². The Morgan fingerprint density at radius 2 is 1.80 bits per heavy atom. The van der Waals surface area contributed by atoms with Crippen LogP contribution in [0, 0.1) is 0 Å². The Balaban J connectivity index is 2.12. The molecule has 0 saturated carbocycles. The van der Waals surface area contributed by atoms with Gasteiger partial charge >= 0.3 is 0 Å². The molecule has 0 heterocycles. The van der Waals surface area contributed by atoms with Crippen LogP contribution in [-0.4, -0.2) is 17.2 Å². The largest absolute Gasteiger partial charge is 0.387 e. The van der Waals surface area contributed by atoms with E-state index in [9.17, 15) is 5.11 Å². The van der Waals surface area contributed by atoms with Gasteiger partial charge in [0, 0.05) is 12.1 Å². The molecule has 0 bridgehead atoms. The van der Waals surface area contributed by atoms with Crippen LogP contribution in [0.15, 0.2) is 18.2 Å². The van der Waals surface area contributed by atoms with Crippen LogP contribution in [0.25, 0.3) is 0 Å². The third-order valence-corrected chi connectivity index (χ3v) is 4.65. The first-order chi connectivity index (χ1) is 9.65. The Morgan fingerprint density at radius 3 is 2.45 bits per heavy atom. The fraction of sp³-hybridized carbons (Fsp3) is 0.667. The van der Waals surface area contributed by atoms with Crippen molar-refractivity contribution >= 4 is 0 Å². The zero-order valence-electron chi connectivity index (χ0n) is 13.2. The van der Waals surface area contributed by atoms with Gasteiger partial charge in [-0.1, -0.05) is 32.0 Å². The zero-order chi connectivity index (χ0) is 14.5. The number of nitrogens with one attached hydrogen (secondary N) is 1. The van der Waals surface area contributed by atoms with Crippen molar-refractivity contribution in [2.75, 3.05) is 0 Å². The van der Waals surface area contributed by atoms with Crippen molar-refractivity contribution in [1.82, 2.24) is 5.32 Å². The van der Waals surface area contributed by atoms with E-state index in [1.165, 1.54) is 36.8 Å². The molecule has 2 nitrogen and oxygen atoms in total. The van der Waals surface area contributed by atoms with Crippen LogP contribution in [0.1, 0.15) is 69.2 Å². The predicted molar refractivity (Wildman–Crippen MR) is 85.0 cm³/mol. The number of aliphatic hydroxyl groups is 1. The van der Waals surface area contributed by atoms with Gasteiger partial charge in [-0.3, -0.25) is 0 Å². The summed E-state index contributed by atoms with van der Waals surface area (Å²) in [7, 11) is 0. The lowest BCUT2D eigenvalue weighted by Gasteiger charge is -2.27. The highest BCUT2D eigenvalue weighted by Crippen LogP contribution is 2.27. The first kappa shape index (κ1) is 15.5. The molecule has 0 fully saturated rings. The molecule has 112 valence electrons. The van der Waals surface area contributed by atoms with Crippen LogP contribution in [0.4, 0.5) is 0 Å². The molecule has 0 amide bonds. The standard InChI is InChI=1S/C18H29NO/c1-4-13(3)19-17(5-2)18(20)16-11-10-14-8-6-7-9-15(14)12-16/h10-13,17-20H,4-9H2,1-3H3. The number of hydrogen-bond acceptors (Lipinski definition) is 2. The van der Waals surface area contributed by atoms with E-state index >= 15 is 0 Å². The van der Waals surface area contributed by atoms with E-state index in [0.717, 1.165) is 18.4 Å². The number of aliphatic hydroxyl groups excluding tert-OH is 1. The monoisotopic (exact) mass is 275 g/mol. The van der Waals surface area contributed by atoms with Crippen LogP contribution >= 0.6 is 0 Å². The number of fused-ring (bicyclic) bond motifs is 1. The van der Waals surface area contributed by atoms with E-state index in [-0.39, 0.29) is 6.04 Å². The smallest absolute Gasteiger partial charge is 0.0943 e. The minimum absolute atomic E-state index is 0.145. The first-order valence-electron chi connectivity index (χ1n) is 8.21. The van der Waals surface area contributed by atoms with Gasteiger partial charge in [0.25, 0.3) is 0 Å². The lowest BCUT2D eigenvalue weighted by atomic mass is 9.88. The van der Waals surface area contributed by atoms with Gasteiger partial charge in [0.2, 0.25) is 0 Å². The molecule has 1 aliphatic carbocycles. The highest BCUT2D eigenvalue weighted by Gasteiger charge is 2.21. The summed E-state index contributed by atoms with van der Waals surface area (Å²) in [6.07, 6.45) is 6.60. The summed E-state index contributed by atoms with van der Waals surface area (Å²) < 4.78 is 0. The van der Waals surface area contributed by atoms with Crippen molar-refractivity contribution in [2.24, 2.45) is 0 Å². The highest BCUT2D eigenvalue weighted by atomic mass is 16.3. The molecule has 20 heavy (non-hydrogen) atoms. The topological polar surface area (TPSA) is 32.3 Å². The Bertz CT molecular complexity index is 429. The number of aryl methyl sites for hydroxylation is 2. The van der Waals surface area contributed by atoms with Gasteiger partial charge < -0.3 is 10.4 Å². The van der Waals surface area contributed by atoms with Crippen LogP contribution in [0.5, 0.6) is 0 Å². The maximum atomic E-state index is 10.7. The molecule has 0 aliphatic heterocycles. The summed E-state index contributed by atoms with van der Waals surface area (Å²) in [6.45, 7) is 6.50. The molecule has 3 unspecified atom stereocenters. The van der Waals surface area contributed by atoms with Gasteiger partial charge in [-0.25, -0.2) is 0 Å². The Hall–Kier alpha value is -0.860. The Labute approximate surface area is 123 Å². The molecule has 3 atom stereocenters. The fourth-order valence-corrected chi connectivity index (χ4v) is 3.09. The molecule has 2 rings (SSSR count). The summed E-state index contributed by atoms with van der Waals surface area (Å²) >= 11 is 0. The molecule has 2 heteroatoms. The second-order valence-corrected chi connectivity index (χ2v) is 6.17. The van der Waals surface area contributed by atoms with E-state index in [1.807, 2.05) is 0 Å². The van der Waals surface area contributed by atoms with Crippen LogP contribution < -0.4 is 5.32 Å². The van der Waals surface area contributed by atoms with Crippen molar-refractivity contribution in [3.8, 4) is 0 Å². The molecule has 1 aromatic carbocycles. The van der Waals surface area contributed by atoms with Crippen LogP contribution in [0.3, 0.4) is 0 Å². The van der Waals surface area contributed by atoms with Gasteiger partial charge in [0.1, 0.15) is 0 Å². The molecule has 0 spiro atoms. The van der Waals surface area contributed by atoms with Crippen molar-refractivity contribution in [3.63, 3.8) is 0 Å². The SMILES string of the molecule is CCC(C)NC(CC)C(O)c1ccc2c(c1)CCCC2. The summed E-state index contributed by atoms with van der Waals surface area (Å²) in [5.41, 5.74) is 4.01. The molecule has 0 saturated heterocycles. The quantitative estimate of drug-likeness (QED) is 0.828. The van der Waals surface area contributed by atoms with Gasteiger partial charge in [-0.15, -0.1) is 0 Å². The number of rotatable bonds is 6. The average molecular weight is 275 g/mol. The van der Waals surface area contributed by atoms with E-state index in [2.05, 4.69) is 44.3 Å². The normalized spacial score (nSPS) is 19.2. The van der Waals surface area contributed by atoms with Crippen LogP contribution in [0.2, 0.25) is 0 Å². The lowest BCUT2D eigenvalue weighted by molar-refractivity contribution is 0.119. The van der Waals surface area contributed by atoms with Gasteiger partial charge in [0.05, 0.1) is 6.10 Å². The minimum Gasteiger partial charge on any atom is -0.387 e. The third-order valence-electron chi connectivity index (χ3n) is 4.65. The van der Waals surface area contributed by atoms with Gasteiger partial charge in [-0.05, 0) is 62.1 Å². The predicted octanol–water partition coefficient (Wildman–Crippen LogP) is 3.77. The van der Waals surface area contributed by atoms with Crippen molar-refractivity contribution in [2.45, 2.75) is 77.5 Å². The Morgan fingerprint density at radius 1 is 1.10 bits per heavy atom. The summed E-state index contributed by atoms with van der Waals surface area (Å²) in [6, 6.07) is 7.18. The Kier molecular flexibility index (Phi) is 5.62. The van der Waals surface area contributed by atoms with Gasteiger partial charge in [-0.2, -0.15) is 0 Å². The summed E-state index contributed by atoms with van der Waals surface area (Å²) in [4.78, 5) is 0. The second-order valence-electron chi connectivity index (χ2n) is 6.17. The van der Waals surface area contributed by atoms with E-state index in [4.69, 9.17) is 0 Å². The molecule has 1 aromatic rings. The van der Waals surface area contributed by atoms with E-state index in [0.29, 0.717) is 6.04 Å². The molecular formula is C18H29NO. The van der Waals surface area contributed by atoms with Gasteiger partial charge in [0.15, 0.2) is 0 Å². The lowest BCUT2D eigenvalue weighted by Crippen LogP contribution is -2.40. The van der Waals surface area contributed by atoms with E-state index in [1.54, 1.807) is 0 Å². The minimum atomic E-state index is -0.402. The number of benzene rings is 1. The first-order valence-corrected chi connectivity index (χ1v) is 8.21. The van der Waals surface area contributed by atoms with Crippen molar-refractivity contribution in [3.05, 3.63) is 34.9 Å². The van der Waals surface area contributed by atoms with Crippen molar-refractivity contribution < 1.29 is 5.11 Å². The third kappa shape index (κ3) is 3.62. The maximum Gasteiger partial charge on any atom is 0.0943 e. The summed E-state index contributed by atoms with van der Waals surface area (Å²) in [5.74, 6) is 0. The molecule has 0 aromatic heterocycles. The molecular weight excluding hydrogens is 246 g/mol.